The van der Waals surface area contributed by atoms with E-state index < -0.39 is 5.97 Å². The molecule has 0 saturated carbocycles. The number of methoxy groups -OCH3 is 1. The van der Waals surface area contributed by atoms with Gasteiger partial charge in [-0.3, -0.25) is 9.78 Å². The summed E-state index contributed by atoms with van der Waals surface area (Å²) in [6.07, 6.45) is 3.02. The zero-order valence-corrected chi connectivity index (χ0v) is 14.6. The van der Waals surface area contributed by atoms with Crippen molar-refractivity contribution in [2.24, 2.45) is 5.41 Å². The first kappa shape index (κ1) is 16.9. The lowest BCUT2D eigenvalue weighted by Crippen LogP contribution is -2.27. The third-order valence-corrected chi connectivity index (χ3v) is 4.19. The maximum absolute atomic E-state index is 12.3. The highest BCUT2D eigenvalue weighted by Crippen LogP contribution is 2.33. The lowest BCUT2D eigenvalue weighted by molar-refractivity contribution is 0.0600. The highest BCUT2D eigenvalue weighted by Gasteiger charge is 2.31. The molecule has 2 aromatic rings. The largest absolute Gasteiger partial charge is 0.465 e. The van der Waals surface area contributed by atoms with Crippen LogP contribution in [0, 0.1) is 17.3 Å². The minimum absolute atomic E-state index is 0.0431. The number of hydrogen-bond acceptors (Lipinski definition) is 4. The topological polar surface area (TPSA) is 56.3 Å². The monoisotopic (exact) mass is 333 g/mol. The Labute approximate surface area is 147 Å². The Morgan fingerprint density at radius 1 is 1.16 bits per heavy atom. The molecular formula is C21H19NO3. The minimum atomic E-state index is -0.396. The van der Waals surface area contributed by atoms with Crippen LogP contribution in [0.15, 0.2) is 36.5 Å². The van der Waals surface area contributed by atoms with E-state index in [-0.39, 0.29) is 11.2 Å². The molecule has 25 heavy (non-hydrogen) atoms. The summed E-state index contributed by atoms with van der Waals surface area (Å²) in [5.41, 5.74) is 3.33. The second-order valence-electron chi connectivity index (χ2n) is 6.98. The molecule has 0 amide bonds. The van der Waals surface area contributed by atoms with E-state index in [2.05, 4.69) is 30.7 Å². The Hall–Kier alpha value is -2.93. The molecule has 0 spiro atoms. The molecule has 4 heteroatoms. The number of ketones is 1. The van der Waals surface area contributed by atoms with Gasteiger partial charge in [0.05, 0.1) is 18.4 Å². The van der Waals surface area contributed by atoms with E-state index in [0.29, 0.717) is 28.7 Å². The molecular weight excluding hydrogens is 314 g/mol. The van der Waals surface area contributed by atoms with Crippen molar-refractivity contribution in [2.45, 2.75) is 26.7 Å². The molecule has 0 unspecified atom stereocenters. The summed E-state index contributed by atoms with van der Waals surface area (Å²) in [7, 11) is 1.35. The summed E-state index contributed by atoms with van der Waals surface area (Å²) in [4.78, 5) is 28.4. The Morgan fingerprint density at radius 3 is 2.68 bits per heavy atom. The standard InChI is InChI=1S/C21H19NO3/c1-21(2)11-18-17(19(23)12-21)10-15(13-22-18)8-7-14-5-4-6-16(9-14)20(24)25-3/h4-6,9-10,13H,11-12H2,1-3H3. The van der Waals surface area contributed by atoms with E-state index in [1.165, 1.54) is 7.11 Å². The molecule has 0 fully saturated rings. The van der Waals surface area contributed by atoms with Crippen molar-refractivity contribution in [3.8, 4) is 11.8 Å². The summed E-state index contributed by atoms with van der Waals surface area (Å²) in [6, 6.07) is 8.75. The number of pyridine rings is 1. The first-order valence-electron chi connectivity index (χ1n) is 8.10. The number of esters is 1. The lowest BCUT2D eigenvalue weighted by Gasteiger charge is -2.29. The van der Waals surface area contributed by atoms with E-state index in [1.54, 1.807) is 24.4 Å². The molecule has 0 bridgehead atoms. The fraction of sp³-hybridized carbons (Fsp3) is 0.286. The molecule has 1 aromatic carbocycles. The second-order valence-corrected chi connectivity index (χ2v) is 6.98. The summed E-state index contributed by atoms with van der Waals surface area (Å²) < 4.78 is 4.71. The number of Topliss-reactive ketones (excluding diaryl/α,β-unsaturated/α-hetero) is 1. The molecule has 0 aliphatic heterocycles. The first-order chi connectivity index (χ1) is 11.9. The number of carbonyl (C=O) groups excluding carboxylic acids is 2. The van der Waals surface area contributed by atoms with Crippen LogP contribution in [0.2, 0.25) is 0 Å². The van der Waals surface area contributed by atoms with Gasteiger partial charge in [0.15, 0.2) is 5.78 Å². The van der Waals surface area contributed by atoms with Crippen molar-refractivity contribution in [3.05, 3.63) is 64.5 Å². The molecule has 0 N–H and O–H groups in total. The molecule has 1 aliphatic rings. The van der Waals surface area contributed by atoms with E-state index in [1.807, 2.05) is 12.1 Å². The van der Waals surface area contributed by atoms with Crippen molar-refractivity contribution in [1.29, 1.82) is 0 Å². The Balaban J connectivity index is 1.89. The SMILES string of the molecule is COC(=O)c1cccc(C#Cc2cnc3c(c2)C(=O)CC(C)(C)C3)c1. The van der Waals surface area contributed by atoms with Gasteiger partial charge in [-0.15, -0.1) is 0 Å². The fourth-order valence-corrected chi connectivity index (χ4v) is 2.98. The number of nitrogens with zero attached hydrogens (tertiary/aromatic N) is 1. The van der Waals surface area contributed by atoms with Gasteiger partial charge in [-0.1, -0.05) is 31.8 Å². The smallest absolute Gasteiger partial charge is 0.337 e. The van der Waals surface area contributed by atoms with Crippen molar-refractivity contribution < 1.29 is 14.3 Å². The lowest BCUT2D eigenvalue weighted by atomic mass is 9.75. The number of carbonyl (C=O) groups is 2. The number of fused-ring (bicyclic) bond motifs is 1. The van der Waals surface area contributed by atoms with Crippen LogP contribution in [0.3, 0.4) is 0 Å². The molecule has 0 saturated heterocycles. The van der Waals surface area contributed by atoms with Crippen LogP contribution in [0.25, 0.3) is 0 Å². The van der Waals surface area contributed by atoms with E-state index >= 15 is 0 Å². The number of hydrogen-bond donors (Lipinski definition) is 0. The van der Waals surface area contributed by atoms with Gasteiger partial charge in [0, 0.05) is 29.3 Å². The molecule has 1 aromatic heterocycles. The maximum Gasteiger partial charge on any atom is 0.337 e. The van der Waals surface area contributed by atoms with Gasteiger partial charge in [-0.2, -0.15) is 0 Å². The average Bonchev–Trinajstić information content (AvgIpc) is 2.59. The number of benzene rings is 1. The predicted octanol–water partition coefficient (Wildman–Crippen LogP) is 3.42. The quantitative estimate of drug-likeness (QED) is 0.593. The molecule has 1 aliphatic carbocycles. The van der Waals surface area contributed by atoms with Gasteiger partial charge in [0.2, 0.25) is 0 Å². The minimum Gasteiger partial charge on any atom is -0.465 e. The summed E-state index contributed by atoms with van der Waals surface area (Å²) in [5.74, 6) is 5.75. The van der Waals surface area contributed by atoms with Gasteiger partial charge < -0.3 is 4.74 Å². The van der Waals surface area contributed by atoms with Gasteiger partial charge in [-0.25, -0.2) is 4.79 Å². The molecule has 0 radical (unpaired) electrons. The first-order valence-corrected chi connectivity index (χ1v) is 8.10. The molecule has 4 nitrogen and oxygen atoms in total. The normalized spacial score (nSPS) is 14.9. The fourth-order valence-electron chi connectivity index (χ4n) is 2.98. The molecule has 3 rings (SSSR count). The highest BCUT2D eigenvalue weighted by atomic mass is 16.5. The van der Waals surface area contributed by atoms with Crippen molar-refractivity contribution in [1.82, 2.24) is 4.98 Å². The van der Waals surface area contributed by atoms with Crippen LogP contribution in [-0.2, 0) is 11.2 Å². The summed E-state index contributed by atoms with van der Waals surface area (Å²) in [5, 5.41) is 0. The van der Waals surface area contributed by atoms with Crippen LogP contribution in [-0.4, -0.2) is 23.8 Å². The van der Waals surface area contributed by atoms with Crippen LogP contribution in [0.1, 0.15) is 57.8 Å². The van der Waals surface area contributed by atoms with E-state index in [9.17, 15) is 9.59 Å². The Bertz CT molecular complexity index is 916. The zero-order valence-electron chi connectivity index (χ0n) is 14.6. The molecule has 1 heterocycles. The third-order valence-electron chi connectivity index (χ3n) is 4.19. The Morgan fingerprint density at radius 2 is 1.92 bits per heavy atom. The molecule has 126 valence electrons. The average molecular weight is 333 g/mol. The van der Waals surface area contributed by atoms with Crippen LogP contribution < -0.4 is 0 Å². The zero-order chi connectivity index (χ0) is 18.0. The van der Waals surface area contributed by atoms with Crippen LogP contribution in [0.4, 0.5) is 0 Å². The number of ether oxygens (including phenoxy) is 1. The van der Waals surface area contributed by atoms with Crippen LogP contribution >= 0.6 is 0 Å². The van der Waals surface area contributed by atoms with Crippen LogP contribution in [0.5, 0.6) is 0 Å². The summed E-state index contributed by atoms with van der Waals surface area (Å²) >= 11 is 0. The third kappa shape index (κ3) is 3.77. The van der Waals surface area contributed by atoms with Crippen molar-refractivity contribution >= 4 is 11.8 Å². The van der Waals surface area contributed by atoms with E-state index in [4.69, 9.17) is 4.74 Å². The van der Waals surface area contributed by atoms with Gasteiger partial charge in [0.25, 0.3) is 0 Å². The van der Waals surface area contributed by atoms with E-state index in [0.717, 1.165) is 12.1 Å². The van der Waals surface area contributed by atoms with Crippen molar-refractivity contribution in [3.63, 3.8) is 0 Å². The Kier molecular flexibility index (Phi) is 4.41. The van der Waals surface area contributed by atoms with Crippen molar-refractivity contribution in [2.75, 3.05) is 7.11 Å². The van der Waals surface area contributed by atoms with Gasteiger partial charge in [0.1, 0.15) is 0 Å². The highest BCUT2D eigenvalue weighted by molar-refractivity contribution is 5.98. The number of rotatable bonds is 1. The number of aromatic nitrogens is 1. The molecule has 0 atom stereocenters. The maximum atomic E-state index is 12.3. The summed E-state index contributed by atoms with van der Waals surface area (Å²) in [6.45, 7) is 4.16. The van der Waals surface area contributed by atoms with Gasteiger partial charge >= 0.3 is 5.97 Å². The van der Waals surface area contributed by atoms with Gasteiger partial charge in [-0.05, 0) is 36.1 Å². The predicted molar refractivity (Wildman–Crippen MR) is 94.4 cm³/mol. The second kappa shape index (κ2) is 6.52.